The second-order valence-electron chi connectivity index (χ2n) is 5.99. The first kappa shape index (κ1) is 20.2. The smallest absolute Gasteiger partial charge is 0.170 e. The Morgan fingerprint density at radius 1 is 0.900 bits per heavy atom. The highest BCUT2D eigenvalue weighted by atomic mass is 35.5. The lowest BCUT2D eigenvalue weighted by atomic mass is 9.96. The highest BCUT2D eigenvalue weighted by Crippen LogP contribution is 2.20. The zero-order valence-electron chi connectivity index (χ0n) is 14.0. The van der Waals surface area contributed by atoms with Crippen molar-refractivity contribution in [3.8, 4) is 0 Å². The Balaban J connectivity index is 4.41. The van der Waals surface area contributed by atoms with Gasteiger partial charge in [0.05, 0.1) is 0 Å². The molecular formula is C17H34ClNS. The van der Waals surface area contributed by atoms with Crippen LogP contribution in [0.5, 0.6) is 0 Å². The fourth-order valence-corrected chi connectivity index (χ4v) is 2.96. The normalized spacial score (nSPS) is 14.1. The molecule has 0 aliphatic rings. The number of nitrogens with zero attached hydrogens (tertiary/aromatic N) is 1. The Hall–Kier alpha value is 0.180. The predicted molar refractivity (Wildman–Crippen MR) is 96.6 cm³/mol. The SMILES string of the molecule is CCCCC(CC)CN(CC(CC)CCCC)C(=S)Cl. The molecule has 3 heteroatoms. The fraction of sp³-hybridized carbons (Fsp3) is 0.941. The maximum Gasteiger partial charge on any atom is 0.170 e. The van der Waals surface area contributed by atoms with E-state index in [1.54, 1.807) is 0 Å². The molecule has 0 aliphatic carbocycles. The maximum atomic E-state index is 6.17. The molecule has 0 N–H and O–H groups in total. The molecule has 0 bridgehead atoms. The lowest BCUT2D eigenvalue weighted by Gasteiger charge is -2.30. The highest BCUT2D eigenvalue weighted by Gasteiger charge is 2.17. The molecule has 0 heterocycles. The van der Waals surface area contributed by atoms with Crippen LogP contribution in [0.2, 0.25) is 0 Å². The summed E-state index contributed by atoms with van der Waals surface area (Å²) in [4.78, 5) is 2.25. The molecule has 0 aromatic heterocycles. The molecule has 2 atom stereocenters. The first-order valence-corrected chi connectivity index (χ1v) is 9.31. The van der Waals surface area contributed by atoms with E-state index in [9.17, 15) is 0 Å². The maximum absolute atomic E-state index is 6.17. The third-order valence-corrected chi connectivity index (χ3v) is 4.79. The highest BCUT2D eigenvalue weighted by molar-refractivity contribution is 7.83. The minimum absolute atomic E-state index is 0.565. The molecule has 0 aromatic carbocycles. The second kappa shape index (κ2) is 12.9. The lowest BCUT2D eigenvalue weighted by Crippen LogP contribution is -2.35. The third-order valence-electron chi connectivity index (χ3n) is 4.29. The third kappa shape index (κ3) is 9.18. The summed E-state index contributed by atoms with van der Waals surface area (Å²) in [5, 5.41) is 0. The van der Waals surface area contributed by atoms with E-state index in [0.29, 0.717) is 4.45 Å². The molecule has 0 rings (SSSR count). The minimum atomic E-state index is 0.565. The molecule has 0 saturated carbocycles. The summed E-state index contributed by atoms with van der Waals surface area (Å²) in [7, 11) is 0. The van der Waals surface area contributed by atoms with Gasteiger partial charge in [0.25, 0.3) is 0 Å². The molecule has 1 nitrogen and oxygen atoms in total. The van der Waals surface area contributed by atoms with Crippen LogP contribution in [0.1, 0.15) is 79.1 Å². The summed E-state index contributed by atoms with van der Waals surface area (Å²) in [6.07, 6.45) is 10.2. The molecule has 20 heavy (non-hydrogen) atoms. The van der Waals surface area contributed by atoms with Crippen molar-refractivity contribution < 1.29 is 0 Å². The van der Waals surface area contributed by atoms with Crippen molar-refractivity contribution in [1.82, 2.24) is 4.90 Å². The Labute approximate surface area is 137 Å². The molecule has 0 radical (unpaired) electrons. The monoisotopic (exact) mass is 319 g/mol. The van der Waals surface area contributed by atoms with E-state index >= 15 is 0 Å². The van der Waals surface area contributed by atoms with Gasteiger partial charge in [0, 0.05) is 13.1 Å². The molecule has 0 saturated heterocycles. The summed E-state index contributed by atoms with van der Waals surface area (Å²) < 4.78 is 0.565. The van der Waals surface area contributed by atoms with Gasteiger partial charge in [-0.05, 0) is 36.9 Å². The Morgan fingerprint density at radius 3 is 1.55 bits per heavy atom. The van der Waals surface area contributed by atoms with Gasteiger partial charge < -0.3 is 4.90 Å². The fourth-order valence-electron chi connectivity index (χ4n) is 2.68. The van der Waals surface area contributed by atoms with E-state index in [-0.39, 0.29) is 0 Å². The Bertz CT molecular complexity index is 227. The molecule has 0 aliphatic heterocycles. The van der Waals surface area contributed by atoms with Crippen molar-refractivity contribution >= 4 is 28.3 Å². The van der Waals surface area contributed by atoms with Crippen molar-refractivity contribution in [2.45, 2.75) is 79.1 Å². The van der Waals surface area contributed by atoms with Crippen LogP contribution in [0.3, 0.4) is 0 Å². The summed E-state index contributed by atoms with van der Waals surface area (Å²) in [6.45, 7) is 11.2. The predicted octanol–water partition coefficient (Wildman–Crippen LogP) is 6.24. The van der Waals surface area contributed by atoms with Crippen molar-refractivity contribution in [3.05, 3.63) is 0 Å². The summed E-state index contributed by atoms with van der Waals surface area (Å²) in [5.74, 6) is 1.46. The van der Waals surface area contributed by atoms with E-state index in [0.717, 1.165) is 24.9 Å². The van der Waals surface area contributed by atoms with Gasteiger partial charge in [0.2, 0.25) is 0 Å². The second-order valence-corrected chi connectivity index (χ2v) is 6.96. The lowest BCUT2D eigenvalue weighted by molar-refractivity contribution is 0.268. The van der Waals surface area contributed by atoms with Gasteiger partial charge in [-0.25, -0.2) is 0 Å². The van der Waals surface area contributed by atoms with Crippen LogP contribution >= 0.6 is 23.8 Å². The molecule has 0 spiro atoms. The number of unbranched alkanes of at least 4 members (excludes halogenated alkanes) is 2. The summed E-state index contributed by atoms with van der Waals surface area (Å²) >= 11 is 11.4. The van der Waals surface area contributed by atoms with Crippen LogP contribution in [0.15, 0.2) is 0 Å². The van der Waals surface area contributed by atoms with Gasteiger partial charge >= 0.3 is 0 Å². The van der Waals surface area contributed by atoms with Gasteiger partial charge in [-0.15, -0.1) is 0 Å². The number of halogens is 1. The quantitative estimate of drug-likeness (QED) is 0.238. The Morgan fingerprint density at radius 2 is 1.30 bits per heavy atom. The van der Waals surface area contributed by atoms with Crippen LogP contribution < -0.4 is 0 Å². The zero-order chi connectivity index (χ0) is 15.4. The average Bonchev–Trinajstić information content (AvgIpc) is 2.45. The van der Waals surface area contributed by atoms with Crippen LogP contribution in [0.4, 0.5) is 0 Å². The van der Waals surface area contributed by atoms with Crippen LogP contribution in [0, 0.1) is 11.8 Å². The van der Waals surface area contributed by atoms with Crippen molar-refractivity contribution in [2.75, 3.05) is 13.1 Å². The topological polar surface area (TPSA) is 3.24 Å². The van der Waals surface area contributed by atoms with Gasteiger partial charge in [-0.3, -0.25) is 0 Å². The molecule has 2 unspecified atom stereocenters. The van der Waals surface area contributed by atoms with Gasteiger partial charge in [-0.2, -0.15) is 0 Å². The molecular weight excluding hydrogens is 286 g/mol. The van der Waals surface area contributed by atoms with E-state index in [4.69, 9.17) is 23.8 Å². The first-order valence-electron chi connectivity index (χ1n) is 8.53. The van der Waals surface area contributed by atoms with E-state index in [1.165, 1.54) is 51.4 Å². The number of hydrogen-bond donors (Lipinski definition) is 0. The first-order chi connectivity index (χ1) is 9.58. The summed E-state index contributed by atoms with van der Waals surface area (Å²) in [5.41, 5.74) is 0. The average molecular weight is 320 g/mol. The van der Waals surface area contributed by atoms with Crippen LogP contribution in [-0.2, 0) is 0 Å². The van der Waals surface area contributed by atoms with Crippen molar-refractivity contribution in [1.29, 1.82) is 0 Å². The number of hydrogen-bond acceptors (Lipinski definition) is 1. The largest absolute Gasteiger partial charge is 0.353 e. The molecule has 0 aromatic rings. The van der Waals surface area contributed by atoms with Crippen molar-refractivity contribution in [3.63, 3.8) is 0 Å². The summed E-state index contributed by atoms with van der Waals surface area (Å²) in [6, 6.07) is 0. The van der Waals surface area contributed by atoms with Crippen LogP contribution in [-0.4, -0.2) is 22.4 Å². The standard InChI is InChI=1S/C17H34ClNS/c1-5-9-11-15(7-3)13-19(17(18)20)14-16(8-4)12-10-6-2/h15-16H,5-14H2,1-4H3. The van der Waals surface area contributed by atoms with Gasteiger partial charge in [-0.1, -0.05) is 77.8 Å². The van der Waals surface area contributed by atoms with E-state index in [1.807, 2.05) is 0 Å². The zero-order valence-corrected chi connectivity index (χ0v) is 15.5. The number of rotatable bonds is 12. The molecule has 120 valence electrons. The van der Waals surface area contributed by atoms with E-state index < -0.39 is 0 Å². The molecule has 0 fully saturated rings. The van der Waals surface area contributed by atoms with Gasteiger partial charge in [0.15, 0.2) is 4.45 Å². The van der Waals surface area contributed by atoms with Crippen LogP contribution in [0.25, 0.3) is 0 Å². The number of thiocarbonyl (C=S) groups is 1. The van der Waals surface area contributed by atoms with Crippen molar-refractivity contribution in [2.24, 2.45) is 11.8 Å². The van der Waals surface area contributed by atoms with E-state index in [2.05, 4.69) is 32.6 Å². The molecule has 0 amide bonds. The minimum Gasteiger partial charge on any atom is -0.353 e. The van der Waals surface area contributed by atoms with Gasteiger partial charge in [0.1, 0.15) is 0 Å². The Kier molecular flexibility index (Phi) is 13.0.